The predicted molar refractivity (Wildman–Crippen MR) is 85.7 cm³/mol. The van der Waals surface area contributed by atoms with Crippen LogP contribution < -0.4 is 16.0 Å². The van der Waals surface area contributed by atoms with E-state index in [1.807, 2.05) is 0 Å². The second kappa shape index (κ2) is 5.31. The normalized spacial score (nSPS) is 42.2. The molecule has 4 rings (SSSR count). The van der Waals surface area contributed by atoms with Gasteiger partial charge < -0.3 is 20.9 Å². The Labute approximate surface area is 138 Å². The molecule has 6 atom stereocenters. The Hall–Kier alpha value is -0.875. The Morgan fingerprint density at radius 1 is 1.52 bits per heavy atom. The number of aliphatic hydroxyl groups excluding tert-OH is 1. The third kappa shape index (κ3) is 2.45. The fraction of sp³-hybridized carbons (Fsp3) is 0.600. The molecule has 13 heteroatoms. The van der Waals surface area contributed by atoms with Gasteiger partial charge >= 0.3 is 15.4 Å². The van der Waals surface area contributed by atoms with Crippen molar-refractivity contribution in [2.24, 2.45) is 0 Å². The topological polar surface area (TPSA) is 135 Å². The second-order valence-electron chi connectivity index (χ2n) is 5.37. The minimum Gasteiger partial charge on any atom is -0.385 e. The van der Waals surface area contributed by atoms with E-state index < -0.39 is 37.9 Å². The Bertz CT molecular complexity index is 644. The zero-order chi connectivity index (χ0) is 16.4. The molecule has 2 saturated heterocycles. The van der Waals surface area contributed by atoms with Crippen LogP contribution in [0, 0.1) is 0 Å². The number of aromatic nitrogens is 2. The average molecular weight is 358 g/mol. The van der Waals surface area contributed by atoms with Crippen LogP contribution in [0.2, 0.25) is 0 Å². The number of anilines is 3. The largest absolute Gasteiger partial charge is 0.488 e. The van der Waals surface area contributed by atoms with E-state index >= 15 is 0 Å². The standard InChI is InChI=1S/C10H14BN5O5PS/c11-22(18)19-1-3-6(21-22)5(17)9(20-3)16-8-4(15-10(16)23)7(12)13-2-14-8/h2-3,5-6,9-10,15,17-18,23H,1H2,(H2,12,13,14)/q+1/t3?,5?,6-,9?,10?,22?/m1/s1. The van der Waals surface area contributed by atoms with E-state index in [4.69, 9.17) is 27.1 Å². The molecule has 0 bridgehead atoms. The van der Waals surface area contributed by atoms with Crippen molar-refractivity contribution in [1.29, 1.82) is 0 Å². The van der Waals surface area contributed by atoms with Gasteiger partial charge in [-0.1, -0.05) is 0 Å². The van der Waals surface area contributed by atoms with Crippen molar-refractivity contribution in [3.05, 3.63) is 6.33 Å². The Balaban J connectivity index is 1.64. The molecule has 10 nitrogen and oxygen atoms in total. The molecule has 0 aliphatic carbocycles. The van der Waals surface area contributed by atoms with Gasteiger partial charge in [-0.3, -0.25) is 4.90 Å². The molecule has 1 aromatic rings. The maximum absolute atomic E-state index is 10.6. The van der Waals surface area contributed by atoms with Gasteiger partial charge in [0.2, 0.25) is 0 Å². The quantitative estimate of drug-likeness (QED) is 0.238. The molecule has 4 heterocycles. The molecule has 0 amide bonds. The third-order valence-electron chi connectivity index (χ3n) is 3.92. The van der Waals surface area contributed by atoms with Gasteiger partial charge in [-0.2, -0.15) is 9.05 Å². The summed E-state index contributed by atoms with van der Waals surface area (Å²) in [6, 6.07) is 0. The van der Waals surface area contributed by atoms with E-state index in [0.717, 1.165) is 0 Å². The minimum atomic E-state index is -3.43. The Morgan fingerprint density at radius 3 is 3.09 bits per heavy atom. The number of ether oxygens (including phenoxy) is 1. The molecule has 122 valence electrons. The maximum Gasteiger partial charge on any atom is 0.488 e. The fourth-order valence-corrected chi connectivity index (χ4v) is 4.30. The zero-order valence-electron chi connectivity index (χ0n) is 11.7. The monoisotopic (exact) mass is 358 g/mol. The van der Waals surface area contributed by atoms with Gasteiger partial charge in [-0.25, -0.2) is 14.9 Å². The molecular formula is C10H14BN5O5PS+. The van der Waals surface area contributed by atoms with E-state index in [9.17, 15) is 10.00 Å². The van der Waals surface area contributed by atoms with Crippen LogP contribution >= 0.6 is 20.5 Å². The SMILES string of the molecule is [B][P+]1(O)OCC2OC(N3c4ncnc(N)c4NC3S)C(O)[C@@H]2O1. The average Bonchev–Trinajstić information content (AvgIpc) is 2.97. The minimum absolute atomic E-state index is 0.0241. The molecule has 0 spiro atoms. The number of thiol groups is 1. The number of hydrogen-bond acceptors (Lipinski definition) is 11. The van der Waals surface area contributed by atoms with Crippen LogP contribution in [-0.2, 0) is 13.8 Å². The molecule has 1 aromatic heterocycles. The molecule has 5 unspecified atom stereocenters. The first-order valence-corrected chi connectivity index (χ1v) is 8.94. The number of rotatable bonds is 1. The maximum atomic E-state index is 10.6. The lowest BCUT2D eigenvalue weighted by Gasteiger charge is -2.30. The fourth-order valence-electron chi connectivity index (χ4n) is 2.90. The van der Waals surface area contributed by atoms with Crippen LogP contribution in [0.15, 0.2) is 6.33 Å². The summed E-state index contributed by atoms with van der Waals surface area (Å²) in [5, 5.41) is 13.6. The number of aliphatic hydroxyl groups is 1. The number of hydrogen-bond donors (Lipinski definition) is 5. The number of nitrogens with two attached hydrogens (primary N) is 1. The lowest BCUT2D eigenvalue weighted by Crippen LogP contribution is -2.48. The second-order valence-corrected chi connectivity index (χ2v) is 7.45. The first-order chi connectivity index (χ1) is 10.9. The number of nitrogens with zero attached hydrogens (tertiary/aromatic N) is 3. The van der Waals surface area contributed by atoms with Crippen molar-refractivity contribution in [3.8, 4) is 0 Å². The summed E-state index contributed by atoms with van der Waals surface area (Å²) in [7, 11) is 2.07. The van der Waals surface area contributed by atoms with E-state index in [2.05, 4.69) is 27.9 Å². The van der Waals surface area contributed by atoms with Gasteiger partial charge in [0.1, 0.15) is 36.3 Å². The zero-order valence-corrected chi connectivity index (χ0v) is 13.5. The highest BCUT2D eigenvalue weighted by atomic mass is 32.1. The summed E-state index contributed by atoms with van der Waals surface area (Å²) in [5.74, 6) is 0.724. The first-order valence-electron chi connectivity index (χ1n) is 6.77. The summed E-state index contributed by atoms with van der Waals surface area (Å²) in [6.45, 7) is 0.0241. The predicted octanol–water partition coefficient (Wildman–Crippen LogP) is -1.16. The molecular weight excluding hydrogens is 344 g/mol. The van der Waals surface area contributed by atoms with Gasteiger partial charge in [0.05, 0.1) is 0 Å². The van der Waals surface area contributed by atoms with Crippen molar-refractivity contribution in [3.63, 3.8) is 0 Å². The molecule has 3 aliphatic rings. The van der Waals surface area contributed by atoms with E-state index in [1.54, 1.807) is 4.90 Å². The van der Waals surface area contributed by atoms with Crippen molar-refractivity contribution in [2.75, 3.05) is 22.6 Å². The first kappa shape index (κ1) is 15.6. The van der Waals surface area contributed by atoms with Crippen molar-refractivity contribution >= 4 is 45.3 Å². The summed E-state index contributed by atoms with van der Waals surface area (Å²) < 4.78 is 16.1. The summed E-state index contributed by atoms with van der Waals surface area (Å²) >= 11 is 4.42. The van der Waals surface area contributed by atoms with Crippen LogP contribution in [0.1, 0.15) is 0 Å². The van der Waals surface area contributed by atoms with Gasteiger partial charge in [0, 0.05) is 0 Å². The highest BCUT2D eigenvalue weighted by molar-refractivity contribution is 7.85. The van der Waals surface area contributed by atoms with Gasteiger partial charge in [-0.05, 0) is 0 Å². The van der Waals surface area contributed by atoms with Gasteiger partial charge in [-0.15, -0.1) is 12.6 Å². The van der Waals surface area contributed by atoms with E-state index in [-0.39, 0.29) is 12.4 Å². The highest BCUT2D eigenvalue weighted by Gasteiger charge is 2.58. The molecule has 2 fully saturated rings. The van der Waals surface area contributed by atoms with Crippen LogP contribution in [0.5, 0.6) is 0 Å². The van der Waals surface area contributed by atoms with Crippen LogP contribution in [-0.4, -0.2) is 64.2 Å². The summed E-state index contributed by atoms with van der Waals surface area (Å²) in [5.41, 5.74) is 5.80. The number of nitrogens with one attached hydrogen (secondary N) is 1. The molecule has 5 N–H and O–H groups in total. The van der Waals surface area contributed by atoms with Crippen molar-refractivity contribution in [1.82, 2.24) is 9.97 Å². The van der Waals surface area contributed by atoms with Crippen LogP contribution in [0.4, 0.5) is 17.3 Å². The third-order valence-corrected chi connectivity index (χ3v) is 5.36. The van der Waals surface area contributed by atoms with E-state index in [0.29, 0.717) is 11.5 Å². The summed E-state index contributed by atoms with van der Waals surface area (Å²) in [6.07, 6.45) is -1.97. The van der Waals surface area contributed by atoms with Crippen LogP contribution in [0.25, 0.3) is 0 Å². The lowest BCUT2D eigenvalue weighted by molar-refractivity contribution is -0.0442. The van der Waals surface area contributed by atoms with Crippen molar-refractivity contribution < 1.29 is 23.8 Å². The van der Waals surface area contributed by atoms with Crippen LogP contribution in [0.3, 0.4) is 0 Å². The molecule has 23 heavy (non-hydrogen) atoms. The molecule has 0 saturated carbocycles. The summed E-state index contributed by atoms with van der Waals surface area (Å²) in [4.78, 5) is 19.4. The molecule has 0 aromatic carbocycles. The van der Waals surface area contributed by atoms with Gasteiger partial charge in [0.15, 0.2) is 24.0 Å². The van der Waals surface area contributed by atoms with Crippen molar-refractivity contribution in [2.45, 2.75) is 30.0 Å². The smallest absolute Gasteiger partial charge is 0.385 e. The number of fused-ring (bicyclic) bond motifs is 2. The lowest BCUT2D eigenvalue weighted by atomic mass is 10.1. The number of nitrogen functional groups attached to an aromatic ring is 1. The van der Waals surface area contributed by atoms with Gasteiger partial charge in [0.25, 0.3) is 0 Å². The Kier molecular flexibility index (Phi) is 3.61. The van der Waals surface area contributed by atoms with E-state index in [1.165, 1.54) is 6.33 Å². The highest BCUT2D eigenvalue weighted by Crippen LogP contribution is 2.58. The molecule has 2 radical (unpaired) electrons. The molecule has 3 aliphatic heterocycles. The Morgan fingerprint density at radius 2 is 2.30 bits per heavy atom.